The molecule has 4 aliphatic rings. The van der Waals surface area contributed by atoms with E-state index >= 15 is 0 Å². The Labute approximate surface area is 284 Å². The fourth-order valence-corrected chi connectivity index (χ4v) is 7.98. The summed E-state index contributed by atoms with van der Waals surface area (Å²) in [5, 5.41) is 0. The lowest BCUT2D eigenvalue weighted by Gasteiger charge is -2.37. The zero-order valence-electron chi connectivity index (χ0n) is 28.3. The monoisotopic (exact) mass is 649 g/mol. The van der Waals surface area contributed by atoms with E-state index in [1.54, 1.807) is 4.90 Å². The van der Waals surface area contributed by atoms with Gasteiger partial charge in [-0.3, -0.25) is 14.4 Å². The molecular formula is C39H47N5O4. The first-order valence-electron chi connectivity index (χ1n) is 17.6. The highest BCUT2D eigenvalue weighted by Gasteiger charge is 2.38. The van der Waals surface area contributed by atoms with Gasteiger partial charge in [0.05, 0.1) is 19.1 Å². The molecule has 7 rings (SSSR count). The molecule has 4 aliphatic heterocycles. The van der Waals surface area contributed by atoms with Crippen LogP contribution in [-0.4, -0.2) is 99.6 Å². The molecule has 0 saturated carbocycles. The zero-order valence-corrected chi connectivity index (χ0v) is 28.3. The summed E-state index contributed by atoms with van der Waals surface area (Å²) in [6.07, 6.45) is 2.07. The second kappa shape index (κ2) is 14.0. The molecule has 1 atom stereocenters. The minimum atomic E-state index is -0.343. The number of morpholine rings is 1. The highest BCUT2D eigenvalue weighted by molar-refractivity contribution is 6.01. The van der Waals surface area contributed by atoms with E-state index in [-0.39, 0.29) is 30.1 Å². The molecule has 4 heterocycles. The Morgan fingerprint density at radius 3 is 2.06 bits per heavy atom. The summed E-state index contributed by atoms with van der Waals surface area (Å²) in [7, 11) is 0. The molecule has 3 amide bonds. The minimum Gasteiger partial charge on any atom is -0.378 e. The van der Waals surface area contributed by atoms with Gasteiger partial charge in [-0.2, -0.15) is 0 Å². The number of nitrogens with zero attached hydrogens (tertiary/aromatic N) is 5. The number of piperidine rings is 1. The van der Waals surface area contributed by atoms with Crippen molar-refractivity contribution in [2.75, 3.05) is 86.8 Å². The van der Waals surface area contributed by atoms with Gasteiger partial charge in [0.25, 0.3) is 5.91 Å². The minimum absolute atomic E-state index is 0.0124. The molecule has 0 N–H and O–H groups in total. The van der Waals surface area contributed by atoms with Crippen molar-refractivity contribution in [1.82, 2.24) is 9.80 Å². The summed E-state index contributed by atoms with van der Waals surface area (Å²) in [5.74, 6) is 0.127. The number of rotatable bonds is 6. The van der Waals surface area contributed by atoms with E-state index in [0.717, 1.165) is 57.9 Å². The van der Waals surface area contributed by atoms with Gasteiger partial charge in [0.15, 0.2) is 0 Å². The van der Waals surface area contributed by atoms with Gasteiger partial charge in [0, 0.05) is 87.9 Å². The van der Waals surface area contributed by atoms with Crippen molar-refractivity contribution in [3.05, 3.63) is 89.0 Å². The van der Waals surface area contributed by atoms with Crippen molar-refractivity contribution in [3.63, 3.8) is 0 Å². The average molecular weight is 650 g/mol. The highest BCUT2D eigenvalue weighted by Crippen LogP contribution is 2.36. The first-order valence-corrected chi connectivity index (χ1v) is 17.6. The Morgan fingerprint density at radius 2 is 1.38 bits per heavy atom. The van der Waals surface area contributed by atoms with Gasteiger partial charge in [0.2, 0.25) is 11.8 Å². The van der Waals surface area contributed by atoms with Crippen LogP contribution in [0.3, 0.4) is 0 Å². The molecule has 1 unspecified atom stereocenters. The Bertz CT molecular complexity index is 1620. The summed E-state index contributed by atoms with van der Waals surface area (Å²) in [6.45, 7) is 12.3. The van der Waals surface area contributed by atoms with Crippen LogP contribution in [-0.2, 0) is 14.3 Å². The normalized spacial score (nSPS) is 20.8. The fourth-order valence-electron chi connectivity index (χ4n) is 7.98. The summed E-state index contributed by atoms with van der Waals surface area (Å²) in [6, 6.07) is 22.6. The third-order valence-electron chi connectivity index (χ3n) is 10.6. The molecule has 0 bridgehead atoms. The maximum Gasteiger partial charge on any atom is 0.253 e. The fraction of sp³-hybridized carbons (Fsp3) is 0.462. The SMILES string of the molecule is Cc1cc(C)cc(N2CCN(C(=O)c3ccc(N4CC(C(=O)N5CCC(c6ccccc6N6CCOCC6)CC5)CC4=O)cc3)CC2)c1. The number of likely N-dealkylation sites (tertiary alicyclic amines) is 1. The average Bonchev–Trinajstić information content (AvgIpc) is 3.52. The van der Waals surface area contributed by atoms with Gasteiger partial charge in [-0.25, -0.2) is 0 Å². The zero-order chi connectivity index (χ0) is 33.2. The number of hydrogen-bond acceptors (Lipinski definition) is 6. The maximum absolute atomic E-state index is 13.6. The number of ether oxygens (including phenoxy) is 1. The first-order chi connectivity index (χ1) is 23.3. The molecule has 4 saturated heterocycles. The van der Waals surface area contributed by atoms with Crippen LogP contribution >= 0.6 is 0 Å². The lowest BCUT2D eigenvalue weighted by Crippen LogP contribution is -2.48. The van der Waals surface area contributed by atoms with E-state index < -0.39 is 0 Å². The summed E-state index contributed by atoms with van der Waals surface area (Å²) >= 11 is 0. The van der Waals surface area contributed by atoms with Crippen molar-refractivity contribution in [1.29, 1.82) is 0 Å². The number of hydrogen-bond donors (Lipinski definition) is 0. The van der Waals surface area contributed by atoms with Crippen LogP contribution in [0.5, 0.6) is 0 Å². The van der Waals surface area contributed by atoms with E-state index in [2.05, 4.69) is 66.1 Å². The molecule has 0 spiro atoms. The Balaban J connectivity index is 0.917. The van der Waals surface area contributed by atoms with Gasteiger partial charge in [0.1, 0.15) is 0 Å². The van der Waals surface area contributed by atoms with Crippen LogP contribution in [0.2, 0.25) is 0 Å². The van der Waals surface area contributed by atoms with Gasteiger partial charge in [-0.05, 0) is 91.8 Å². The van der Waals surface area contributed by atoms with E-state index in [4.69, 9.17) is 4.74 Å². The van der Waals surface area contributed by atoms with Crippen molar-refractivity contribution in [3.8, 4) is 0 Å². The smallest absolute Gasteiger partial charge is 0.253 e. The van der Waals surface area contributed by atoms with Crippen molar-refractivity contribution >= 4 is 34.8 Å². The van der Waals surface area contributed by atoms with E-state index in [1.807, 2.05) is 34.1 Å². The molecule has 4 fully saturated rings. The van der Waals surface area contributed by atoms with E-state index in [1.165, 1.54) is 28.1 Å². The van der Waals surface area contributed by atoms with Crippen molar-refractivity contribution in [2.45, 2.75) is 39.0 Å². The topological polar surface area (TPSA) is 76.6 Å². The van der Waals surface area contributed by atoms with E-state index in [0.29, 0.717) is 44.2 Å². The lowest BCUT2D eigenvalue weighted by atomic mass is 9.87. The Kier molecular flexibility index (Phi) is 9.39. The number of aryl methyl sites for hydroxylation is 2. The number of piperazine rings is 1. The number of benzene rings is 3. The summed E-state index contributed by atoms with van der Waals surface area (Å²) in [5.41, 5.74) is 7.74. The van der Waals surface area contributed by atoms with Gasteiger partial charge >= 0.3 is 0 Å². The van der Waals surface area contributed by atoms with Crippen molar-refractivity contribution in [2.24, 2.45) is 5.92 Å². The quantitative estimate of drug-likeness (QED) is 0.380. The number of carbonyl (C=O) groups is 3. The van der Waals surface area contributed by atoms with Crippen LogP contribution in [0.15, 0.2) is 66.7 Å². The second-order valence-electron chi connectivity index (χ2n) is 13.8. The molecule has 0 radical (unpaired) electrons. The third kappa shape index (κ3) is 6.79. The first kappa shape index (κ1) is 32.2. The van der Waals surface area contributed by atoms with Crippen molar-refractivity contribution < 1.29 is 19.1 Å². The van der Waals surface area contributed by atoms with Crippen LogP contribution in [0.1, 0.15) is 52.2 Å². The maximum atomic E-state index is 13.6. The van der Waals surface area contributed by atoms with Crippen LogP contribution < -0.4 is 14.7 Å². The van der Waals surface area contributed by atoms with E-state index in [9.17, 15) is 14.4 Å². The number of amides is 3. The lowest BCUT2D eigenvalue weighted by molar-refractivity contribution is -0.136. The molecular weight excluding hydrogens is 602 g/mol. The standard InChI is InChI=1S/C39H47N5O4/c1-28-23-29(2)25-34(24-28)40-15-17-43(18-16-40)38(46)31-7-9-33(10-8-31)44-27-32(26-37(44)45)39(47)42-13-11-30(12-14-42)35-5-3-4-6-36(35)41-19-21-48-22-20-41/h3-10,23-25,30,32H,11-22,26-27H2,1-2H3. The predicted octanol–water partition coefficient (Wildman–Crippen LogP) is 4.86. The third-order valence-corrected chi connectivity index (χ3v) is 10.6. The molecule has 9 nitrogen and oxygen atoms in total. The van der Waals surface area contributed by atoms with Crippen LogP contribution in [0.4, 0.5) is 17.1 Å². The molecule has 0 aliphatic carbocycles. The number of anilines is 3. The highest BCUT2D eigenvalue weighted by atomic mass is 16.5. The summed E-state index contributed by atoms with van der Waals surface area (Å²) < 4.78 is 5.57. The largest absolute Gasteiger partial charge is 0.378 e. The van der Waals surface area contributed by atoms with Gasteiger partial charge < -0.3 is 29.2 Å². The molecule has 3 aromatic rings. The molecule has 3 aromatic carbocycles. The van der Waals surface area contributed by atoms with Gasteiger partial charge in [-0.15, -0.1) is 0 Å². The second-order valence-corrected chi connectivity index (χ2v) is 13.8. The Hall–Kier alpha value is -4.37. The molecule has 0 aromatic heterocycles. The molecule has 48 heavy (non-hydrogen) atoms. The van der Waals surface area contributed by atoms with Crippen LogP contribution in [0, 0.1) is 19.8 Å². The summed E-state index contributed by atoms with van der Waals surface area (Å²) in [4.78, 5) is 50.4. The predicted molar refractivity (Wildman–Crippen MR) is 189 cm³/mol. The number of carbonyl (C=O) groups excluding carboxylic acids is 3. The Morgan fingerprint density at radius 1 is 0.708 bits per heavy atom. The van der Waals surface area contributed by atoms with Crippen LogP contribution in [0.25, 0.3) is 0 Å². The molecule has 252 valence electrons. The number of para-hydroxylation sites is 1. The molecule has 9 heteroatoms. The van der Waals surface area contributed by atoms with Gasteiger partial charge in [-0.1, -0.05) is 24.3 Å².